The van der Waals surface area contributed by atoms with E-state index in [1.165, 1.54) is 16.7 Å². The molecule has 0 spiro atoms. The van der Waals surface area contributed by atoms with Crippen LogP contribution in [0.15, 0.2) is 47.4 Å². The molecular formula is C15H10Cl3N3O. The molecule has 0 aliphatic carbocycles. The molecule has 1 aromatic carbocycles. The Morgan fingerprint density at radius 2 is 1.95 bits per heavy atom. The van der Waals surface area contributed by atoms with Crippen molar-refractivity contribution >= 4 is 46.1 Å². The van der Waals surface area contributed by atoms with E-state index in [4.69, 9.17) is 34.8 Å². The number of pyridine rings is 1. The Bertz CT molecular complexity index is 908. The molecule has 4 nitrogen and oxygen atoms in total. The van der Waals surface area contributed by atoms with Gasteiger partial charge in [0.05, 0.1) is 33.0 Å². The second-order valence-corrected chi connectivity index (χ2v) is 5.84. The lowest BCUT2D eigenvalue weighted by Gasteiger charge is -2.09. The fourth-order valence-electron chi connectivity index (χ4n) is 2.04. The Morgan fingerprint density at radius 3 is 2.77 bits per heavy atom. The zero-order valence-corrected chi connectivity index (χ0v) is 13.5. The first-order chi connectivity index (χ1) is 10.5. The number of benzene rings is 1. The summed E-state index contributed by atoms with van der Waals surface area (Å²) >= 11 is 17.9. The first kappa shape index (κ1) is 15.2. The molecule has 22 heavy (non-hydrogen) atoms. The smallest absolute Gasteiger partial charge is 0.258 e. The zero-order valence-electron chi connectivity index (χ0n) is 11.2. The van der Waals surface area contributed by atoms with Crippen molar-refractivity contribution in [3.8, 4) is 0 Å². The van der Waals surface area contributed by atoms with E-state index in [2.05, 4.69) is 10.3 Å². The van der Waals surface area contributed by atoms with Crippen LogP contribution >= 0.6 is 34.8 Å². The van der Waals surface area contributed by atoms with E-state index in [9.17, 15) is 4.79 Å². The third-order valence-electron chi connectivity index (χ3n) is 3.09. The number of hydrogen-bond acceptors (Lipinski definition) is 3. The van der Waals surface area contributed by atoms with Gasteiger partial charge in [0.2, 0.25) is 0 Å². The van der Waals surface area contributed by atoms with Crippen molar-refractivity contribution in [2.45, 2.75) is 6.54 Å². The molecule has 0 saturated heterocycles. The van der Waals surface area contributed by atoms with Crippen molar-refractivity contribution in [1.29, 1.82) is 0 Å². The summed E-state index contributed by atoms with van der Waals surface area (Å²) < 4.78 is 1.40. The molecule has 0 radical (unpaired) electrons. The summed E-state index contributed by atoms with van der Waals surface area (Å²) in [6.07, 6.45) is 1.54. The minimum Gasteiger partial charge on any atom is -0.378 e. The SMILES string of the molecule is O=c1cc(CNc2cccc(Cl)c2Cl)nc2ccc(Cl)cn12. The van der Waals surface area contributed by atoms with Crippen LogP contribution in [0, 0.1) is 0 Å². The summed E-state index contributed by atoms with van der Waals surface area (Å²) in [5, 5.41) is 4.50. The highest BCUT2D eigenvalue weighted by molar-refractivity contribution is 6.43. The van der Waals surface area contributed by atoms with Gasteiger partial charge >= 0.3 is 0 Å². The van der Waals surface area contributed by atoms with Crippen molar-refractivity contribution < 1.29 is 0 Å². The van der Waals surface area contributed by atoms with E-state index in [1.54, 1.807) is 24.3 Å². The summed E-state index contributed by atoms with van der Waals surface area (Å²) in [6, 6.07) is 10.1. The maximum Gasteiger partial charge on any atom is 0.258 e. The van der Waals surface area contributed by atoms with E-state index in [-0.39, 0.29) is 5.56 Å². The molecule has 0 saturated carbocycles. The maximum absolute atomic E-state index is 12.1. The Kier molecular flexibility index (Phi) is 4.25. The van der Waals surface area contributed by atoms with Crippen LogP contribution in [0.1, 0.15) is 5.69 Å². The van der Waals surface area contributed by atoms with E-state index in [1.807, 2.05) is 6.07 Å². The van der Waals surface area contributed by atoms with Gasteiger partial charge in [-0.3, -0.25) is 9.20 Å². The van der Waals surface area contributed by atoms with Gasteiger partial charge in [0.25, 0.3) is 5.56 Å². The molecule has 1 N–H and O–H groups in total. The van der Waals surface area contributed by atoms with Crippen molar-refractivity contribution in [2.24, 2.45) is 0 Å². The lowest BCUT2D eigenvalue weighted by molar-refractivity contribution is 0.971. The quantitative estimate of drug-likeness (QED) is 0.764. The Labute approximate surface area is 141 Å². The number of hydrogen-bond donors (Lipinski definition) is 1. The molecular weight excluding hydrogens is 345 g/mol. The number of aromatic nitrogens is 2. The number of nitrogens with one attached hydrogen (secondary N) is 1. The van der Waals surface area contributed by atoms with Crippen LogP contribution in [0.5, 0.6) is 0 Å². The molecule has 0 fully saturated rings. The van der Waals surface area contributed by atoms with Crippen molar-refractivity contribution in [3.63, 3.8) is 0 Å². The minimum absolute atomic E-state index is 0.193. The van der Waals surface area contributed by atoms with Gasteiger partial charge < -0.3 is 5.32 Å². The van der Waals surface area contributed by atoms with E-state index in [0.717, 1.165) is 0 Å². The molecule has 3 aromatic rings. The highest BCUT2D eigenvalue weighted by atomic mass is 35.5. The van der Waals surface area contributed by atoms with Crippen LogP contribution < -0.4 is 10.9 Å². The van der Waals surface area contributed by atoms with Crippen LogP contribution in [0.2, 0.25) is 15.1 Å². The lowest BCUT2D eigenvalue weighted by Crippen LogP contribution is -2.16. The average Bonchev–Trinajstić information content (AvgIpc) is 2.49. The van der Waals surface area contributed by atoms with Crippen LogP contribution in [0.3, 0.4) is 0 Å². The molecule has 0 atom stereocenters. The van der Waals surface area contributed by atoms with Gasteiger partial charge in [0.15, 0.2) is 0 Å². The first-order valence-corrected chi connectivity index (χ1v) is 7.54. The topological polar surface area (TPSA) is 46.4 Å². The van der Waals surface area contributed by atoms with Gasteiger partial charge in [-0.25, -0.2) is 4.98 Å². The van der Waals surface area contributed by atoms with Gasteiger partial charge in [-0.05, 0) is 24.3 Å². The van der Waals surface area contributed by atoms with Crippen molar-refractivity contribution in [1.82, 2.24) is 9.38 Å². The van der Waals surface area contributed by atoms with Crippen LogP contribution in [0.25, 0.3) is 5.65 Å². The minimum atomic E-state index is -0.193. The molecule has 2 heterocycles. The van der Waals surface area contributed by atoms with Crippen LogP contribution in [-0.4, -0.2) is 9.38 Å². The highest BCUT2D eigenvalue weighted by Gasteiger charge is 2.06. The third-order valence-corrected chi connectivity index (χ3v) is 4.13. The summed E-state index contributed by atoms with van der Waals surface area (Å²) in [5.41, 5.74) is 1.63. The Morgan fingerprint density at radius 1 is 1.14 bits per heavy atom. The summed E-state index contributed by atoms with van der Waals surface area (Å²) in [5.74, 6) is 0. The van der Waals surface area contributed by atoms with Gasteiger partial charge in [-0.2, -0.15) is 0 Å². The summed E-state index contributed by atoms with van der Waals surface area (Å²) in [6.45, 7) is 0.356. The summed E-state index contributed by atoms with van der Waals surface area (Å²) in [7, 11) is 0. The van der Waals surface area contributed by atoms with E-state index in [0.29, 0.717) is 38.6 Å². The average molecular weight is 355 g/mol. The second-order valence-electron chi connectivity index (χ2n) is 4.62. The Balaban J connectivity index is 1.90. The number of rotatable bonds is 3. The lowest BCUT2D eigenvalue weighted by atomic mass is 10.3. The molecule has 0 amide bonds. The van der Waals surface area contributed by atoms with Gasteiger partial charge in [0.1, 0.15) is 5.65 Å². The number of nitrogens with zero attached hydrogens (tertiary/aromatic N) is 2. The predicted octanol–water partition coefficient (Wildman–Crippen LogP) is 4.27. The fourth-order valence-corrected chi connectivity index (χ4v) is 2.57. The standard InChI is InChI=1S/C15H10Cl3N3O/c16-9-4-5-13-20-10(6-14(22)21(13)8-9)7-19-12-3-1-2-11(17)15(12)18/h1-6,8,19H,7H2. The number of fused-ring (bicyclic) bond motifs is 1. The summed E-state index contributed by atoms with van der Waals surface area (Å²) in [4.78, 5) is 16.5. The van der Waals surface area contributed by atoms with E-state index >= 15 is 0 Å². The largest absolute Gasteiger partial charge is 0.378 e. The fraction of sp³-hybridized carbons (Fsp3) is 0.0667. The van der Waals surface area contributed by atoms with Gasteiger partial charge in [0, 0.05) is 12.3 Å². The molecule has 2 aromatic heterocycles. The van der Waals surface area contributed by atoms with Crippen molar-refractivity contribution in [2.75, 3.05) is 5.32 Å². The first-order valence-electron chi connectivity index (χ1n) is 6.40. The van der Waals surface area contributed by atoms with Gasteiger partial charge in [-0.15, -0.1) is 0 Å². The molecule has 3 rings (SSSR count). The van der Waals surface area contributed by atoms with Crippen LogP contribution in [0.4, 0.5) is 5.69 Å². The molecule has 0 aliphatic rings. The molecule has 0 bridgehead atoms. The zero-order chi connectivity index (χ0) is 15.7. The highest BCUT2D eigenvalue weighted by Crippen LogP contribution is 2.29. The molecule has 0 unspecified atom stereocenters. The number of anilines is 1. The monoisotopic (exact) mass is 353 g/mol. The van der Waals surface area contributed by atoms with Gasteiger partial charge in [-0.1, -0.05) is 40.9 Å². The Hall–Kier alpha value is -1.75. The molecule has 7 heteroatoms. The molecule has 0 aliphatic heterocycles. The van der Waals surface area contributed by atoms with Crippen LogP contribution in [-0.2, 0) is 6.54 Å². The third kappa shape index (κ3) is 3.04. The molecule has 112 valence electrons. The number of halogens is 3. The van der Waals surface area contributed by atoms with E-state index < -0.39 is 0 Å². The van der Waals surface area contributed by atoms with Crippen molar-refractivity contribution in [3.05, 3.63) is 73.7 Å². The normalized spacial score (nSPS) is 10.9. The second kappa shape index (κ2) is 6.16. The maximum atomic E-state index is 12.1. The predicted molar refractivity (Wildman–Crippen MR) is 90.3 cm³/mol.